The zero-order valence-corrected chi connectivity index (χ0v) is 12.5. The summed E-state index contributed by atoms with van der Waals surface area (Å²) in [5.74, 6) is 0.899. The van der Waals surface area contributed by atoms with E-state index in [1.165, 1.54) is 12.8 Å². The molecule has 0 aromatic heterocycles. The van der Waals surface area contributed by atoms with Crippen LogP contribution in [0.5, 0.6) is 5.75 Å². The monoisotopic (exact) mass is 288 g/mol. The van der Waals surface area contributed by atoms with Crippen LogP contribution >= 0.6 is 0 Å². The lowest BCUT2D eigenvalue weighted by Gasteiger charge is -2.24. The highest BCUT2D eigenvalue weighted by Gasteiger charge is 2.28. The minimum atomic E-state index is 0.0832. The lowest BCUT2D eigenvalue weighted by atomic mass is 10.1. The molecule has 21 heavy (non-hydrogen) atoms. The molecule has 4 nitrogen and oxygen atoms in total. The molecule has 114 valence electrons. The van der Waals surface area contributed by atoms with E-state index in [0.29, 0.717) is 18.2 Å². The SMILES string of the molecule is NCC1CCCN1C(=O)c1cccc(OC2CCCC2)c1. The second kappa shape index (κ2) is 6.48. The van der Waals surface area contributed by atoms with E-state index in [1.807, 2.05) is 29.2 Å². The van der Waals surface area contributed by atoms with Gasteiger partial charge in [-0.2, -0.15) is 0 Å². The van der Waals surface area contributed by atoms with Crippen LogP contribution in [0.2, 0.25) is 0 Å². The summed E-state index contributed by atoms with van der Waals surface area (Å²) in [4.78, 5) is 14.5. The maximum atomic E-state index is 12.6. The number of carbonyl (C=O) groups excluding carboxylic acids is 1. The van der Waals surface area contributed by atoms with Gasteiger partial charge in [-0.3, -0.25) is 4.79 Å². The number of benzene rings is 1. The third-order valence-corrected chi connectivity index (χ3v) is 4.60. The molecule has 1 aromatic carbocycles. The minimum absolute atomic E-state index is 0.0832. The Bertz CT molecular complexity index is 497. The first-order chi connectivity index (χ1) is 10.3. The van der Waals surface area contributed by atoms with E-state index in [1.54, 1.807) is 0 Å². The lowest BCUT2D eigenvalue weighted by molar-refractivity contribution is 0.0740. The molecular formula is C17H24N2O2. The van der Waals surface area contributed by atoms with E-state index in [4.69, 9.17) is 10.5 Å². The van der Waals surface area contributed by atoms with E-state index in [9.17, 15) is 4.79 Å². The van der Waals surface area contributed by atoms with Gasteiger partial charge in [0.05, 0.1) is 6.10 Å². The van der Waals surface area contributed by atoms with Crippen molar-refractivity contribution in [1.82, 2.24) is 4.90 Å². The molecule has 1 heterocycles. The van der Waals surface area contributed by atoms with Crippen molar-refractivity contribution >= 4 is 5.91 Å². The van der Waals surface area contributed by atoms with Gasteiger partial charge in [0.1, 0.15) is 5.75 Å². The van der Waals surface area contributed by atoms with Crippen LogP contribution in [0.4, 0.5) is 0 Å². The highest BCUT2D eigenvalue weighted by atomic mass is 16.5. The van der Waals surface area contributed by atoms with Crippen molar-refractivity contribution in [1.29, 1.82) is 0 Å². The van der Waals surface area contributed by atoms with E-state index >= 15 is 0 Å². The molecule has 1 unspecified atom stereocenters. The Balaban J connectivity index is 1.71. The maximum Gasteiger partial charge on any atom is 0.254 e. The number of nitrogens with zero attached hydrogens (tertiary/aromatic N) is 1. The van der Waals surface area contributed by atoms with Crippen molar-refractivity contribution in [2.75, 3.05) is 13.1 Å². The maximum absolute atomic E-state index is 12.6. The Morgan fingerprint density at radius 2 is 2.05 bits per heavy atom. The van der Waals surface area contributed by atoms with Crippen LogP contribution in [0.1, 0.15) is 48.9 Å². The summed E-state index contributed by atoms with van der Waals surface area (Å²) in [5.41, 5.74) is 6.47. The second-order valence-corrected chi connectivity index (χ2v) is 6.08. The number of carbonyl (C=O) groups is 1. The summed E-state index contributed by atoms with van der Waals surface area (Å²) in [5, 5.41) is 0. The van der Waals surface area contributed by atoms with Crippen molar-refractivity contribution in [3.8, 4) is 5.75 Å². The van der Waals surface area contributed by atoms with Crippen molar-refractivity contribution in [2.45, 2.75) is 50.7 Å². The summed E-state index contributed by atoms with van der Waals surface area (Å²) >= 11 is 0. The van der Waals surface area contributed by atoms with Crippen LogP contribution in [0.15, 0.2) is 24.3 Å². The first-order valence-electron chi connectivity index (χ1n) is 8.05. The highest BCUT2D eigenvalue weighted by Crippen LogP contribution is 2.26. The molecule has 1 saturated carbocycles. The van der Waals surface area contributed by atoms with E-state index in [-0.39, 0.29) is 11.9 Å². The van der Waals surface area contributed by atoms with Gasteiger partial charge in [0.15, 0.2) is 0 Å². The van der Waals surface area contributed by atoms with Crippen molar-refractivity contribution in [2.24, 2.45) is 5.73 Å². The number of ether oxygens (including phenoxy) is 1. The first kappa shape index (κ1) is 14.4. The Kier molecular flexibility index (Phi) is 4.44. The summed E-state index contributed by atoms with van der Waals surface area (Å²) < 4.78 is 5.99. The van der Waals surface area contributed by atoms with Gasteiger partial charge >= 0.3 is 0 Å². The molecule has 4 heteroatoms. The third kappa shape index (κ3) is 3.21. The fourth-order valence-electron chi connectivity index (χ4n) is 3.42. The number of amides is 1. The zero-order chi connectivity index (χ0) is 14.7. The zero-order valence-electron chi connectivity index (χ0n) is 12.5. The van der Waals surface area contributed by atoms with Gasteiger partial charge in [-0.05, 0) is 56.7 Å². The molecule has 1 atom stereocenters. The van der Waals surface area contributed by atoms with Crippen molar-refractivity contribution < 1.29 is 9.53 Å². The van der Waals surface area contributed by atoms with E-state index < -0.39 is 0 Å². The Morgan fingerprint density at radius 3 is 2.81 bits per heavy atom. The smallest absolute Gasteiger partial charge is 0.254 e. The minimum Gasteiger partial charge on any atom is -0.490 e. The molecule has 0 spiro atoms. The second-order valence-electron chi connectivity index (χ2n) is 6.08. The van der Waals surface area contributed by atoms with Crippen molar-refractivity contribution in [3.05, 3.63) is 29.8 Å². The van der Waals surface area contributed by atoms with Gasteiger partial charge in [-0.15, -0.1) is 0 Å². The molecule has 1 aliphatic heterocycles. The average molecular weight is 288 g/mol. The first-order valence-corrected chi connectivity index (χ1v) is 8.05. The van der Waals surface area contributed by atoms with Crippen LogP contribution in [0.25, 0.3) is 0 Å². The fraction of sp³-hybridized carbons (Fsp3) is 0.588. The predicted molar refractivity (Wildman–Crippen MR) is 82.4 cm³/mol. The molecule has 1 aliphatic carbocycles. The molecule has 1 aromatic rings. The van der Waals surface area contributed by atoms with Crippen molar-refractivity contribution in [3.63, 3.8) is 0 Å². The van der Waals surface area contributed by atoms with Gasteiger partial charge < -0.3 is 15.4 Å². The highest BCUT2D eigenvalue weighted by molar-refractivity contribution is 5.95. The molecule has 0 bridgehead atoms. The third-order valence-electron chi connectivity index (χ3n) is 4.60. The molecule has 2 aliphatic rings. The van der Waals surface area contributed by atoms with Gasteiger partial charge in [0.25, 0.3) is 5.91 Å². The molecule has 3 rings (SSSR count). The van der Waals surface area contributed by atoms with Crippen LogP contribution in [0, 0.1) is 0 Å². The van der Waals surface area contributed by atoms with Gasteiger partial charge in [0, 0.05) is 24.7 Å². The normalized spacial score (nSPS) is 22.7. The van der Waals surface area contributed by atoms with Crippen LogP contribution in [-0.2, 0) is 0 Å². The molecule has 2 fully saturated rings. The fourth-order valence-corrected chi connectivity index (χ4v) is 3.42. The Morgan fingerprint density at radius 1 is 1.24 bits per heavy atom. The molecule has 0 radical (unpaired) electrons. The quantitative estimate of drug-likeness (QED) is 0.926. The Labute approximate surface area is 126 Å². The lowest BCUT2D eigenvalue weighted by Crippen LogP contribution is -2.39. The summed E-state index contributed by atoms with van der Waals surface area (Å²) in [6, 6.07) is 7.80. The number of likely N-dealkylation sites (tertiary alicyclic amines) is 1. The van der Waals surface area contributed by atoms with Crippen LogP contribution < -0.4 is 10.5 Å². The van der Waals surface area contributed by atoms with Crippen LogP contribution in [-0.4, -0.2) is 36.0 Å². The van der Waals surface area contributed by atoms with Gasteiger partial charge in [-0.25, -0.2) is 0 Å². The topological polar surface area (TPSA) is 55.6 Å². The summed E-state index contributed by atoms with van der Waals surface area (Å²) in [6.07, 6.45) is 7.12. The average Bonchev–Trinajstić information content (AvgIpc) is 3.17. The number of hydrogen-bond acceptors (Lipinski definition) is 3. The molecular weight excluding hydrogens is 264 g/mol. The largest absolute Gasteiger partial charge is 0.490 e. The van der Waals surface area contributed by atoms with Gasteiger partial charge in [-0.1, -0.05) is 6.07 Å². The molecule has 1 saturated heterocycles. The van der Waals surface area contributed by atoms with Crippen LogP contribution in [0.3, 0.4) is 0 Å². The van der Waals surface area contributed by atoms with E-state index in [2.05, 4.69) is 0 Å². The van der Waals surface area contributed by atoms with Gasteiger partial charge in [0.2, 0.25) is 0 Å². The number of nitrogens with two attached hydrogens (primary N) is 1. The number of rotatable bonds is 4. The molecule has 2 N–H and O–H groups in total. The molecule has 1 amide bonds. The Hall–Kier alpha value is -1.55. The number of hydrogen-bond donors (Lipinski definition) is 1. The summed E-state index contributed by atoms with van der Waals surface area (Å²) in [7, 11) is 0. The standard InChI is InChI=1S/C17H24N2O2/c18-12-14-6-4-10-19(14)17(20)13-5-3-9-16(11-13)21-15-7-1-2-8-15/h3,5,9,11,14-15H,1-2,4,6-8,10,12,18H2. The summed E-state index contributed by atoms with van der Waals surface area (Å²) in [6.45, 7) is 1.36. The predicted octanol–water partition coefficient (Wildman–Crippen LogP) is 2.57. The van der Waals surface area contributed by atoms with E-state index in [0.717, 1.165) is 38.0 Å².